The summed E-state index contributed by atoms with van der Waals surface area (Å²) >= 11 is 6.49. The molecule has 0 saturated carbocycles. The topological polar surface area (TPSA) is 29.5 Å². The first kappa shape index (κ1) is 14.9. The molecule has 2 unspecified atom stereocenters. The third-order valence-electron chi connectivity index (χ3n) is 3.12. The molecule has 0 N–H and O–H groups in total. The molecule has 1 aromatic rings. The van der Waals surface area contributed by atoms with Crippen molar-refractivity contribution in [2.45, 2.75) is 19.1 Å². The van der Waals surface area contributed by atoms with E-state index < -0.39 is 5.82 Å². The highest BCUT2D eigenvalue weighted by molar-refractivity contribution is 9.10. The summed E-state index contributed by atoms with van der Waals surface area (Å²) in [5.41, 5.74) is 0.349. The largest absolute Gasteiger partial charge is 0.373 e. The predicted molar refractivity (Wildman–Crippen MR) is 78.1 cm³/mol. The van der Waals surface area contributed by atoms with Gasteiger partial charge in [0.05, 0.1) is 28.8 Å². The molecule has 0 radical (unpaired) electrons. The molecule has 1 aliphatic rings. The van der Waals surface area contributed by atoms with Gasteiger partial charge in [-0.3, -0.25) is 4.79 Å². The molecule has 2 atom stereocenters. The van der Waals surface area contributed by atoms with Gasteiger partial charge in [0.1, 0.15) is 5.82 Å². The molecule has 19 heavy (non-hydrogen) atoms. The lowest BCUT2D eigenvalue weighted by atomic mass is 10.1. The number of hydrogen-bond acceptors (Lipinski definition) is 2. The number of rotatable bonds is 2. The van der Waals surface area contributed by atoms with Crippen molar-refractivity contribution >= 4 is 37.8 Å². The number of nitrogens with zero attached hydrogens (tertiary/aromatic N) is 1. The van der Waals surface area contributed by atoms with Gasteiger partial charge in [-0.05, 0) is 35.0 Å². The van der Waals surface area contributed by atoms with E-state index in [1.54, 1.807) is 17.0 Å². The van der Waals surface area contributed by atoms with Crippen molar-refractivity contribution in [1.29, 1.82) is 0 Å². The van der Waals surface area contributed by atoms with E-state index in [2.05, 4.69) is 31.9 Å². The van der Waals surface area contributed by atoms with Crippen LogP contribution >= 0.6 is 31.9 Å². The SMILES string of the molecule is CC1COC(CBr)CN1C(=O)c1cccc(F)c1Br. The molecule has 1 aromatic carbocycles. The van der Waals surface area contributed by atoms with E-state index in [1.165, 1.54) is 6.07 Å². The number of ether oxygens (including phenoxy) is 1. The molecule has 1 aliphatic heterocycles. The fourth-order valence-corrected chi connectivity index (χ4v) is 2.84. The van der Waals surface area contributed by atoms with E-state index in [0.29, 0.717) is 24.0 Å². The van der Waals surface area contributed by atoms with E-state index in [0.717, 1.165) is 0 Å². The van der Waals surface area contributed by atoms with Crippen molar-refractivity contribution in [2.24, 2.45) is 0 Å². The number of morpholine rings is 1. The second-order valence-electron chi connectivity index (χ2n) is 4.52. The molecule has 0 aliphatic carbocycles. The van der Waals surface area contributed by atoms with Gasteiger partial charge in [0.15, 0.2) is 0 Å². The van der Waals surface area contributed by atoms with Crippen molar-refractivity contribution in [3.63, 3.8) is 0 Å². The number of hydrogen-bond donors (Lipinski definition) is 0. The third-order valence-corrected chi connectivity index (χ3v) is 4.65. The maximum Gasteiger partial charge on any atom is 0.255 e. The molecule has 0 aromatic heterocycles. The smallest absolute Gasteiger partial charge is 0.255 e. The summed E-state index contributed by atoms with van der Waals surface area (Å²) in [4.78, 5) is 14.2. The molecule has 2 rings (SSSR count). The zero-order valence-electron chi connectivity index (χ0n) is 10.4. The van der Waals surface area contributed by atoms with Gasteiger partial charge >= 0.3 is 0 Å². The Morgan fingerprint density at radius 3 is 3.00 bits per heavy atom. The molecular formula is C13H14Br2FNO2. The minimum absolute atomic E-state index is 0.0158. The van der Waals surface area contributed by atoms with Gasteiger partial charge in [0, 0.05) is 11.9 Å². The minimum Gasteiger partial charge on any atom is -0.373 e. The summed E-state index contributed by atoms with van der Waals surface area (Å²) in [6, 6.07) is 4.48. The number of halogens is 3. The zero-order valence-corrected chi connectivity index (χ0v) is 13.6. The van der Waals surface area contributed by atoms with Crippen LogP contribution in [-0.4, -0.2) is 41.4 Å². The Kier molecular flexibility index (Phi) is 4.97. The number of benzene rings is 1. The molecule has 104 valence electrons. The maximum atomic E-state index is 13.5. The standard InChI is InChI=1S/C13H14Br2FNO2/c1-8-7-19-9(5-14)6-17(8)13(18)10-3-2-4-11(16)12(10)15/h2-4,8-9H,5-7H2,1H3. The first-order chi connectivity index (χ1) is 9.04. The molecule has 6 heteroatoms. The van der Waals surface area contributed by atoms with Gasteiger partial charge in [-0.15, -0.1) is 0 Å². The molecule has 1 saturated heterocycles. The van der Waals surface area contributed by atoms with Crippen molar-refractivity contribution in [3.05, 3.63) is 34.1 Å². The normalized spacial score (nSPS) is 23.5. The Morgan fingerprint density at radius 2 is 2.32 bits per heavy atom. The fraction of sp³-hybridized carbons (Fsp3) is 0.462. The molecule has 1 amide bonds. The van der Waals surface area contributed by atoms with E-state index in [9.17, 15) is 9.18 Å². The van der Waals surface area contributed by atoms with Gasteiger partial charge < -0.3 is 9.64 Å². The van der Waals surface area contributed by atoms with Gasteiger partial charge in [-0.25, -0.2) is 4.39 Å². The summed E-state index contributed by atoms with van der Waals surface area (Å²) in [6.07, 6.45) is -0.0208. The number of carbonyl (C=O) groups is 1. The highest BCUT2D eigenvalue weighted by Crippen LogP contribution is 2.24. The van der Waals surface area contributed by atoms with Crippen molar-refractivity contribution in [3.8, 4) is 0 Å². The van der Waals surface area contributed by atoms with Gasteiger partial charge in [0.25, 0.3) is 5.91 Å². The summed E-state index contributed by atoms with van der Waals surface area (Å²) in [6.45, 7) is 2.93. The fourth-order valence-electron chi connectivity index (χ4n) is 2.02. The van der Waals surface area contributed by atoms with Crippen molar-refractivity contribution in [1.82, 2.24) is 4.90 Å². The van der Waals surface area contributed by atoms with E-state index in [4.69, 9.17) is 4.74 Å². The average molecular weight is 395 g/mol. The summed E-state index contributed by atoms with van der Waals surface area (Å²) in [5, 5.41) is 0.674. The Bertz CT molecular complexity index is 484. The van der Waals surface area contributed by atoms with Crippen LogP contribution in [0.25, 0.3) is 0 Å². The lowest BCUT2D eigenvalue weighted by molar-refractivity contribution is -0.0362. The third kappa shape index (κ3) is 3.17. The second-order valence-corrected chi connectivity index (χ2v) is 5.96. The highest BCUT2D eigenvalue weighted by Gasteiger charge is 2.30. The molecule has 0 spiro atoms. The zero-order chi connectivity index (χ0) is 14.0. The Balaban J connectivity index is 2.24. The lowest BCUT2D eigenvalue weighted by Crippen LogP contribution is -2.51. The number of alkyl halides is 1. The van der Waals surface area contributed by atoms with Crippen LogP contribution in [0.3, 0.4) is 0 Å². The maximum absolute atomic E-state index is 13.5. The van der Waals surface area contributed by atoms with Crippen LogP contribution in [-0.2, 0) is 4.74 Å². The number of carbonyl (C=O) groups excluding carboxylic acids is 1. The first-order valence-electron chi connectivity index (χ1n) is 5.97. The van der Waals surface area contributed by atoms with Crippen LogP contribution in [0, 0.1) is 5.82 Å². The molecule has 1 heterocycles. The van der Waals surface area contributed by atoms with Crippen LogP contribution < -0.4 is 0 Å². The molecular weight excluding hydrogens is 381 g/mol. The van der Waals surface area contributed by atoms with E-state index >= 15 is 0 Å². The summed E-state index contributed by atoms with van der Waals surface area (Å²) in [7, 11) is 0. The van der Waals surface area contributed by atoms with Crippen LogP contribution in [0.2, 0.25) is 0 Å². The van der Waals surface area contributed by atoms with Crippen molar-refractivity contribution < 1.29 is 13.9 Å². The molecule has 3 nitrogen and oxygen atoms in total. The number of amides is 1. The lowest BCUT2D eigenvalue weighted by Gasteiger charge is -2.37. The summed E-state index contributed by atoms with van der Waals surface area (Å²) < 4.78 is 19.3. The van der Waals surface area contributed by atoms with Gasteiger partial charge in [0.2, 0.25) is 0 Å². The Labute approximate surface area is 128 Å². The van der Waals surface area contributed by atoms with Crippen LogP contribution in [0.1, 0.15) is 17.3 Å². The van der Waals surface area contributed by atoms with Crippen molar-refractivity contribution in [2.75, 3.05) is 18.5 Å². The first-order valence-corrected chi connectivity index (χ1v) is 7.88. The minimum atomic E-state index is -0.427. The van der Waals surface area contributed by atoms with Crippen LogP contribution in [0.15, 0.2) is 22.7 Å². The summed E-state index contributed by atoms with van der Waals surface area (Å²) in [5.74, 6) is -0.600. The van der Waals surface area contributed by atoms with E-state index in [-0.39, 0.29) is 22.5 Å². The molecule has 0 bridgehead atoms. The van der Waals surface area contributed by atoms with Gasteiger partial charge in [-0.2, -0.15) is 0 Å². The monoisotopic (exact) mass is 393 g/mol. The average Bonchev–Trinajstić information content (AvgIpc) is 2.42. The second kappa shape index (κ2) is 6.33. The molecule has 1 fully saturated rings. The van der Waals surface area contributed by atoms with Crippen LogP contribution in [0.4, 0.5) is 4.39 Å². The quantitative estimate of drug-likeness (QED) is 0.721. The Hall–Kier alpha value is -0.460. The predicted octanol–water partition coefficient (Wildman–Crippen LogP) is 3.21. The van der Waals surface area contributed by atoms with Gasteiger partial charge in [-0.1, -0.05) is 22.0 Å². The van der Waals surface area contributed by atoms with E-state index in [1.807, 2.05) is 6.92 Å². The highest BCUT2D eigenvalue weighted by atomic mass is 79.9. The van der Waals surface area contributed by atoms with Crippen LogP contribution in [0.5, 0.6) is 0 Å². The Morgan fingerprint density at radius 1 is 1.58 bits per heavy atom.